The Labute approximate surface area is 34.3 Å². The van der Waals surface area contributed by atoms with Crippen molar-refractivity contribution in [1.29, 1.82) is 0 Å². The van der Waals surface area contributed by atoms with E-state index in [0.29, 0.717) is 0 Å². The summed E-state index contributed by atoms with van der Waals surface area (Å²) in [6.07, 6.45) is -0.995. The van der Waals surface area contributed by atoms with Gasteiger partial charge in [0.1, 0.15) is 0 Å². The average molecular weight is 95.1 g/mol. The monoisotopic (exact) mass is 95.0 g/mol. The zero-order chi connectivity index (χ0) is 4.28. The maximum atomic E-state index is 9.26. The van der Waals surface area contributed by atoms with Crippen LogP contribution in [-0.2, 0) is 0 Å². The molecule has 0 aliphatic carbocycles. The smallest absolute Gasteiger partial charge is 0.404 e. The molecule has 6 heavy (non-hydrogen) atoms. The molecule has 0 saturated carbocycles. The predicted octanol–water partition coefficient (Wildman–Crippen LogP) is 0.0363. The van der Waals surface area contributed by atoms with Gasteiger partial charge < -0.3 is 10.4 Å². The lowest BCUT2D eigenvalue weighted by atomic mass is 11.1. The summed E-state index contributed by atoms with van der Waals surface area (Å²) >= 11 is 0. The van der Waals surface area contributed by atoms with Gasteiger partial charge in [-0.25, -0.2) is 4.79 Å². The summed E-state index contributed by atoms with van der Waals surface area (Å²) in [4.78, 5) is 9.26. The fourth-order valence-corrected chi connectivity index (χ4v) is 0. The van der Waals surface area contributed by atoms with E-state index in [0.717, 1.165) is 0 Å². The van der Waals surface area contributed by atoms with E-state index in [2.05, 4.69) is 0 Å². The van der Waals surface area contributed by atoms with E-state index in [9.17, 15) is 4.79 Å². The molecule has 0 rings (SSSR count). The number of amides is 1. The third-order valence-corrected chi connectivity index (χ3v) is 0.214. The van der Waals surface area contributed by atoms with E-state index in [1.54, 1.807) is 0 Å². The molecule has 38 valence electrons. The number of nitrogens with one attached hydrogen (secondary N) is 1. The molecule has 0 bridgehead atoms. The molecule has 1 amide bonds. The summed E-state index contributed by atoms with van der Waals surface area (Å²) in [5, 5.41) is 9.56. The van der Waals surface area contributed by atoms with Gasteiger partial charge in [-0.1, -0.05) is 0 Å². The molecule has 0 aromatic carbocycles. The molecule has 4 heteroatoms. The van der Waals surface area contributed by atoms with Crippen LogP contribution in [0.3, 0.4) is 0 Å². The second kappa shape index (κ2) is 4.20. The quantitative estimate of drug-likeness (QED) is 0.446. The van der Waals surface area contributed by atoms with Crippen LogP contribution in [0, 0.1) is 0 Å². The van der Waals surface area contributed by atoms with Crippen molar-refractivity contribution in [2.75, 3.05) is 7.05 Å². The lowest BCUT2D eigenvalue weighted by Crippen LogP contribution is -2.13. The molecule has 3 nitrogen and oxygen atoms in total. The van der Waals surface area contributed by atoms with Crippen molar-refractivity contribution < 1.29 is 14.6 Å². The van der Waals surface area contributed by atoms with Gasteiger partial charge in [-0.2, -0.15) is 0 Å². The summed E-state index contributed by atoms with van der Waals surface area (Å²) in [5.74, 6) is 0. The number of halogens is 1. The second-order valence-electron chi connectivity index (χ2n) is 0.555. The standard InChI is InChI=1S/C2H5NO2.FH/c1-3-2(4)5;/h3H,1H3,(H,4,5);1H. The van der Waals surface area contributed by atoms with Gasteiger partial charge in [-0.3, -0.25) is 4.70 Å². The van der Waals surface area contributed by atoms with Crippen LogP contribution in [0.2, 0.25) is 0 Å². The number of carboxylic acid groups (broad SMARTS) is 1. The van der Waals surface area contributed by atoms with Crippen LogP contribution in [0.1, 0.15) is 0 Å². The zero-order valence-electron chi connectivity index (χ0n) is 3.26. The first kappa shape index (κ1) is 8.96. The van der Waals surface area contributed by atoms with E-state index in [1.807, 2.05) is 5.32 Å². The van der Waals surface area contributed by atoms with Gasteiger partial charge in [0.2, 0.25) is 0 Å². The number of hydrogen-bond donors (Lipinski definition) is 2. The molecule has 0 aromatic rings. The van der Waals surface area contributed by atoms with Crippen LogP contribution in [0.25, 0.3) is 0 Å². The SMILES string of the molecule is CNC(=O)O.F. The third kappa shape index (κ3) is 10.8. The van der Waals surface area contributed by atoms with Gasteiger partial charge in [-0.15, -0.1) is 0 Å². The first-order chi connectivity index (χ1) is 2.27. The van der Waals surface area contributed by atoms with Crippen molar-refractivity contribution in [3.63, 3.8) is 0 Å². The Morgan fingerprint density at radius 2 is 2.00 bits per heavy atom. The molecule has 2 N–H and O–H groups in total. The Bertz CT molecular complexity index is 46.8. The molecule has 0 aliphatic rings. The molecular weight excluding hydrogens is 89.0 g/mol. The first-order valence-electron chi connectivity index (χ1n) is 1.18. The molecular formula is C2H6FNO2. The van der Waals surface area contributed by atoms with E-state index in [4.69, 9.17) is 5.11 Å². The van der Waals surface area contributed by atoms with Gasteiger partial charge in [0, 0.05) is 7.05 Å². The Hall–Kier alpha value is -0.800. The largest absolute Gasteiger partial charge is 0.465 e. The van der Waals surface area contributed by atoms with Crippen molar-refractivity contribution in [3.05, 3.63) is 0 Å². The van der Waals surface area contributed by atoms with E-state index in [1.165, 1.54) is 7.05 Å². The maximum absolute atomic E-state index is 9.26. The summed E-state index contributed by atoms with van der Waals surface area (Å²) in [7, 11) is 1.35. The molecule has 0 fully saturated rings. The summed E-state index contributed by atoms with van der Waals surface area (Å²) in [5.41, 5.74) is 0. The van der Waals surface area contributed by atoms with Crippen LogP contribution >= 0.6 is 0 Å². The minimum atomic E-state index is -0.995. The highest BCUT2D eigenvalue weighted by Crippen LogP contribution is 1.45. The highest BCUT2D eigenvalue weighted by molar-refractivity contribution is 5.63. The Morgan fingerprint density at radius 3 is 2.00 bits per heavy atom. The van der Waals surface area contributed by atoms with Gasteiger partial charge in [0.15, 0.2) is 0 Å². The maximum Gasteiger partial charge on any atom is 0.404 e. The number of rotatable bonds is 0. The van der Waals surface area contributed by atoms with Crippen LogP contribution in [0.15, 0.2) is 0 Å². The van der Waals surface area contributed by atoms with E-state index < -0.39 is 6.09 Å². The Morgan fingerprint density at radius 1 is 1.83 bits per heavy atom. The summed E-state index contributed by atoms with van der Waals surface area (Å²) in [6, 6.07) is 0. The zero-order valence-corrected chi connectivity index (χ0v) is 3.26. The van der Waals surface area contributed by atoms with Crippen LogP contribution in [0.5, 0.6) is 0 Å². The van der Waals surface area contributed by atoms with Crippen molar-refractivity contribution in [3.8, 4) is 0 Å². The van der Waals surface area contributed by atoms with Crippen molar-refractivity contribution in [2.24, 2.45) is 0 Å². The predicted molar refractivity (Wildman–Crippen MR) is 19.6 cm³/mol. The van der Waals surface area contributed by atoms with Crippen molar-refractivity contribution in [2.45, 2.75) is 0 Å². The highest BCUT2D eigenvalue weighted by Gasteiger charge is 1.76. The molecule has 0 saturated heterocycles. The highest BCUT2D eigenvalue weighted by atomic mass is 19.0. The van der Waals surface area contributed by atoms with Gasteiger partial charge >= 0.3 is 6.09 Å². The number of carbonyl (C=O) groups is 1. The van der Waals surface area contributed by atoms with Crippen LogP contribution < -0.4 is 5.32 Å². The molecule has 0 unspecified atom stereocenters. The first-order valence-corrected chi connectivity index (χ1v) is 1.18. The number of hydrogen-bond acceptors (Lipinski definition) is 1. The fraction of sp³-hybridized carbons (Fsp3) is 0.500. The molecule has 0 atom stereocenters. The molecule has 0 heterocycles. The van der Waals surface area contributed by atoms with Gasteiger partial charge in [0.05, 0.1) is 0 Å². The minimum absolute atomic E-state index is 0. The topological polar surface area (TPSA) is 49.3 Å². The summed E-state index contributed by atoms with van der Waals surface area (Å²) in [6.45, 7) is 0. The third-order valence-electron chi connectivity index (χ3n) is 0.214. The molecule has 0 spiro atoms. The molecule has 0 aromatic heterocycles. The fourth-order valence-electron chi connectivity index (χ4n) is 0. The minimum Gasteiger partial charge on any atom is -0.465 e. The lowest BCUT2D eigenvalue weighted by molar-refractivity contribution is 0.197. The Kier molecular flexibility index (Phi) is 6.27. The van der Waals surface area contributed by atoms with Gasteiger partial charge in [0.25, 0.3) is 0 Å². The van der Waals surface area contributed by atoms with Crippen LogP contribution in [0.4, 0.5) is 9.50 Å². The molecule has 0 aliphatic heterocycles. The van der Waals surface area contributed by atoms with Crippen molar-refractivity contribution >= 4 is 6.09 Å². The van der Waals surface area contributed by atoms with Gasteiger partial charge in [-0.05, 0) is 0 Å². The lowest BCUT2D eigenvalue weighted by Gasteiger charge is -1.78. The average Bonchev–Trinajstić information content (AvgIpc) is 1.38. The molecule has 0 radical (unpaired) electrons. The summed E-state index contributed by atoms with van der Waals surface area (Å²) < 4.78 is 0. The van der Waals surface area contributed by atoms with E-state index >= 15 is 0 Å². The Balaban J connectivity index is 0. The van der Waals surface area contributed by atoms with Crippen LogP contribution in [-0.4, -0.2) is 18.2 Å². The normalized spacial score (nSPS) is 5.50. The second-order valence-corrected chi connectivity index (χ2v) is 0.555. The van der Waals surface area contributed by atoms with Crippen molar-refractivity contribution in [1.82, 2.24) is 5.32 Å². The van der Waals surface area contributed by atoms with E-state index in [-0.39, 0.29) is 4.70 Å².